The molecule has 0 radical (unpaired) electrons. The van der Waals surface area contributed by atoms with Crippen LogP contribution in [-0.2, 0) is 9.59 Å². The Morgan fingerprint density at radius 2 is 2.15 bits per heavy atom. The quantitative estimate of drug-likeness (QED) is 0.384. The third-order valence-electron chi connectivity index (χ3n) is 6.60. The van der Waals surface area contributed by atoms with E-state index in [1.54, 1.807) is 30.0 Å². The number of nitrogens with one attached hydrogen (secondary N) is 1. The first-order valence-electron chi connectivity index (χ1n) is 12.1. The lowest BCUT2D eigenvalue weighted by molar-refractivity contribution is -0.118. The number of furan rings is 1. The summed E-state index contributed by atoms with van der Waals surface area (Å²) in [5, 5.41) is 21.7. The highest BCUT2D eigenvalue weighted by atomic mass is 32.2. The molecule has 3 N–H and O–H groups in total. The largest absolute Gasteiger partial charge is 0.468 e. The number of allylic oxidation sites excluding steroid dienone is 3. The van der Waals surface area contributed by atoms with E-state index in [2.05, 4.69) is 21.6 Å². The van der Waals surface area contributed by atoms with Crippen LogP contribution in [0.15, 0.2) is 68.0 Å². The Hall–Kier alpha value is -3.95. The number of hydrogen-bond acceptors (Lipinski definition) is 10. The summed E-state index contributed by atoms with van der Waals surface area (Å²) in [6.45, 7) is 5.80. The number of amides is 1. The lowest BCUT2D eigenvalue weighted by atomic mass is 9.69. The number of ketones is 1. The molecule has 200 valence electrons. The molecular weight excluding hydrogens is 539 g/mol. The van der Waals surface area contributed by atoms with Crippen LogP contribution in [0.3, 0.4) is 0 Å². The number of nitrogens with zero attached hydrogens (tertiary/aromatic N) is 4. The van der Waals surface area contributed by atoms with E-state index in [1.807, 2.05) is 13.8 Å². The first-order chi connectivity index (χ1) is 18.6. The Morgan fingerprint density at radius 3 is 2.87 bits per heavy atom. The highest BCUT2D eigenvalue weighted by Gasteiger charge is 2.46. The Labute approximate surface area is 232 Å². The SMILES string of the molecule is Cc1ccc(F)cc1NC(=O)CSc1nnc(N2C(N)=C(C#N)C(c3ccco3)C3=C2CC(C)(C)CC3=O)s1. The van der Waals surface area contributed by atoms with Crippen molar-refractivity contribution >= 4 is 45.6 Å². The van der Waals surface area contributed by atoms with Crippen molar-refractivity contribution in [2.75, 3.05) is 16.0 Å². The summed E-state index contributed by atoms with van der Waals surface area (Å²) in [7, 11) is 0. The maximum atomic E-state index is 13.6. The van der Waals surface area contributed by atoms with Crippen LogP contribution in [0.4, 0.5) is 15.2 Å². The van der Waals surface area contributed by atoms with Crippen LogP contribution in [-0.4, -0.2) is 27.6 Å². The van der Waals surface area contributed by atoms with Gasteiger partial charge < -0.3 is 15.5 Å². The number of aryl methyl sites for hydroxylation is 1. The number of nitriles is 1. The van der Waals surface area contributed by atoms with E-state index < -0.39 is 11.7 Å². The number of hydrogen-bond donors (Lipinski definition) is 2. The number of Topliss-reactive ketones (excluding diaryl/α,β-unsaturated/α-hetero) is 1. The molecule has 2 aromatic heterocycles. The predicted molar refractivity (Wildman–Crippen MR) is 146 cm³/mol. The second-order valence-electron chi connectivity index (χ2n) is 10.1. The van der Waals surface area contributed by atoms with Gasteiger partial charge in [-0.2, -0.15) is 5.26 Å². The maximum absolute atomic E-state index is 13.6. The van der Waals surface area contributed by atoms with Crippen molar-refractivity contribution in [3.05, 3.63) is 76.4 Å². The molecule has 0 fully saturated rings. The number of nitrogens with two attached hydrogens (primary N) is 1. The minimum atomic E-state index is -0.698. The van der Waals surface area contributed by atoms with Crippen molar-refractivity contribution in [2.24, 2.45) is 11.1 Å². The number of anilines is 2. The predicted octanol–water partition coefficient (Wildman–Crippen LogP) is 5.25. The second-order valence-corrected chi connectivity index (χ2v) is 12.3. The van der Waals surface area contributed by atoms with Crippen LogP contribution in [0.25, 0.3) is 0 Å². The molecule has 1 aliphatic heterocycles. The van der Waals surface area contributed by atoms with Gasteiger partial charge in [0.05, 0.1) is 29.6 Å². The normalized spacial score (nSPS) is 18.7. The average molecular weight is 565 g/mol. The topological polar surface area (TPSA) is 138 Å². The average Bonchev–Trinajstić information content (AvgIpc) is 3.56. The van der Waals surface area contributed by atoms with Crippen molar-refractivity contribution in [2.45, 2.75) is 43.9 Å². The summed E-state index contributed by atoms with van der Waals surface area (Å²) < 4.78 is 19.7. The van der Waals surface area contributed by atoms with Gasteiger partial charge in [0.25, 0.3) is 0 Å². The highest BCUT2D eigenvalue weighted by Crippen LogP contribution is 2.50. The first-order valence-corrected chi connectivity index (χ1v) is 13.9. The van der Waals surface area contributed by atoms with Crippen LogP contribution in [0.2, 0.25) is 0 Å². The fourth-order valence-electron chi connectivity index (χ4n) is 4.86. The molecule has 1 unspecified atom stereocenters. The van der Waals surface area contributed by atoms with Gasteiger partial charge in [0.15, 0.2) is 10.1 Å². The van der Waals surface area contributed by atoms with E-state index in [9.17, 15) is 19.2 Å². The summed E-state index contributed by atoms with van der Waals surface area (Å²) in [5.74, 6) is -0.862. The standard InChI is InChI=1S/C27H25FN6O3S2/c1-14-6-7-15(28)9-17(14)31-21(36)13-38-26-33-32-25(39-26)34-18-10-27(2,3)11-19(35)23(18)22(16(12-29)24(34)30)20-5-4-8-37-20/h4-9,22H,10-11,13,30H2,1-3H3,(H,31,36). The number of carbonyl (C=O) groups excluding carboxylic acids is 2. The molecular formula is C27H25FN6O3S2. The van der Waals surface area contributed by atoms with Gasteiger partial charge in [0.2, 0.25) is 11.0 Å². The summed E-state index contributed by atoms with van der Waals surface area (Å²) >= 11 is 2.37. The molecule has 0 saturated carbocycles. The molecule has 3 heterocycles. The van der Waals surface area contributed by atoms with Gasteiger partial charge in [-0.25, -0.2) is 4.39 Å². The Kier molecular flexibility index (Phi) is 7.05. The molecule has 2 aliphatic rings. The van der Waals surface area contributed by atoms with Gasteiger partial charge in [-0.1, -0.05) is 43.0 Å². The van der Waals surface area contributed by atoms with Crippen LogP contribution in [0, 0.1) is 29.5 Å². The molecule has 9 nitrogen and oxygen atoms in total. The number of halogens is 1. The van der Waals surface area contributed by atoms with E-state index in [-0.39, 0.29) is 34.3 Å². The Balaban J connectivity index is 1.43. The third-order valence-corrected chi connectivity index (χ3v) is 8.64. The molecule has 5 rings (SSSR count). The van der Waals surface area contributed by atoms with E-state index in [0.29, 0.717) is 45.0 Å². The van der Waals surface area contributed by atoms with Crippen molar-refractivity contribution in [3.63, 3.8) is 0 Å². The number of aromatic nitrogens is 2. The molecule has 1 aromatic carbocycles. The van der Waals surface area contributed by atoms with Gasteiger partial charge >= 0.3 is 0 Å². The van der Waals surface area contributed by atoms with Crippen molar-refractivity contribution in [1.82, 2.24) is 10.2 Å². The molecule has 1 amide bonds. The lowest BCUT2D eigenvalue weighted by Gasteiger charge is -2.42. The van der Waals surface area contributed by atoms with Gasteiger partial charge in [0.1, 0.15) is 17.4 Å². The van der Waals surface area contributed by atoms with Crippen LogP contribution in [0.5, 0.6) is 0 Å². The van der Waals surface area contributed by atoms with Crippen LogP contribution >= 0.6 is 23.1 Å². The van der Waals surface area contributed by atoms with Crippen molar-refractivity contribution in [1.29, 1.82) is 5.26 Å². The zero-order valence-electron chi connectivity index (χ0n) is 21.4. The van der Waals surface area contributed by atoms with E-state index in [4.69, 9.17) is 10.2 Å². The Morgan fingerprint density at radius 1 is 1.36 bits per heavy atom. The number of rotatable bonds is 6. The van der Waals surface area contributed by atoms with Gasteiger partial charge in [0, 0.05) is 23.4 Å². The highest BCUT2D eigenvalue weighted by molar-refractivity contribution is 8.01. The molecule has 39 heavy (non-hydrogen) atoms. The van der Waals surface area contributed by atoms with Crippen LogP contribution < -0.4 is 16.0 Å². The molecule has 1 aliphatic carbocycles. The Bertz CT molecular complexity index is 1570. The van der Waals surface area contributed by atoms with Crippen molar-refractivity contribution in [3.8, 4) is 6.07 Å². The third kappa shape index (κ3) is 5.20. The van der Waals surface area contributed by atoms with Gasteiger partial charge in [-0.05, 0) is 48.6 Å². The monoisotopic (exact) mass is 564 g/mol. The summed E-state index contributed by atoms with van der Waals surface area (Å²) in [6, 6.07) is 9.83. The molecule has 0 saturated heterocycles. The summed E-state index contributed by atoms with van der Waals surface area (Å²) in [5.41, 5.74) is 8.74. The van der Waals surface area contributed by atoms with Crippen LogP contribution in [0.1, 0.15) is 43.9 Å². The van der Waals surface area contributed by atoms with Crippen molar-refractivity contribution < 1.29 is 18.4 Å². The molecule has 12 heteroatoms. The minimum absolute atomic E-state index is 0.0272. The molecule has 0 spiro atoms. The molecule has 1 atom stereocenters. The zero-order chi connectivity index (χ0) is 27.9. The summed E-state index contributed by atoms with van der Waals surface area (Å²) in [6.07, 6.45) is 2.36. The first kappa shape index (κ1) is 26.6. The number of benzene rings is 1. The van der Waals surface area contributed by atoms with E-state index in [0.717, 1.165) is 5.56 Å². The van der Waals surface area contributed by atoms with Gasteiger partial charge in [-0.3, -0.25) is 14.5 Å². The molecule has 3 aromatic rings. The summed E-state index contributed by atoms with van der Waals surface area (Å²) in [4.78, 5) is 27.6. The lowest BCUT2D eigenvalue weighted by Crippen LogP contribution is -2.42. The van der Waals surface area contributed by atoms with E-state index in [1.165, 1.54) is 41.5 Å². The number of thioether (sulfide) groups is 1. The minimum Gasteiger partial charge on any atom is -0.468 e. The number of carbonyl (C=O) groups is 2. The molecule has 0 bridgehead atoms. The zero-order valence-corrected chi connectivity index (χ0v) is 23.1. The van der Waals surface area contributed by atoms with E-state index >= 15 is 0 Å². The second kappa shape index (κ2) is 10.3. The van der Waals surface area contributed by atoms with Gasteiger partial charge in [-0.15, -0.1) is 10.2 Å². The fraction of sp³-hybridized carbons (Fsp3) is 0.296. The smallest absolute Gasteiger partial charge is 0.234 e. The fourth-order valence-corrected chi connectivity index (χ4v) is 6.54. The maximum Gasteiger partial charge on any atom is 0.234 e.